The molecule has 202 valence electrons. The van der Waals surface area contributed by atoms with Crippen molar-refractivity contribution in [2.45, 2.75) is 32.4 Å². The van der Waals surface area contributed by atoms with Gasteiger partial charge in [-0.3, -0.25) is 9.59 Å². The van der Waals surface area contributed by atoms with Crippen LogP contribution in [-0.2, 0) is 14.4 Å². The maximum Gasteiger partial charge on any atom is 0.353 e. The van der Waals surface area contributed by atoms with Crippen LogP contribution in [0.2, 0.25) is 0 Å². The molecule has 37 heavy (non-hydrogen) atoms. The summed E-state index contributed by atoms with van der Waals surface area (Å²) in [6, 6.07) is -0.333. The number of piperazine rings is 3. The fourth-order valence-corrected chi connectivity index (χ4v) is 8.54. The molecule has 0 aromatic rings. The van der Waals surface area contributed by atoms with E-state index in [1.54, 1.807) is 6.92 Å². The van der Waals surface area contributed by atoms with Gasteiger partial charge in [0.25, 0.3) is 5.91 Å². The van der Waals surface area contributed by atoms with Crippen LogP contribution >= 0.6 is 24.0 Å². The average Bonchev–Trinajstić information content (AvgIpc) is 3.08. The molecule has 4 saturated heterocycles. The quantitative estimate of drug-likeness (QED) is 0.174. The topological polar surface area (TPSA) is 124 Å². The molecular formula is C25H37N5O5S2+2. The van der Waals surface area contributed by atoms with E-state index in [4.69, 9.17) is 18.0 Å². The molecule has 6 rings (SSSR count). The number of hydrogen-bond donors (Lipinski definition) is 3. The summed E-state index contributed by atoms with van der Waals surface area (Å²) in [4.78, 5) is 40.2. The fraction of sp³-hybridized carbons (Fsp3) is 0.680. The third kappa shape index (κ3) is 4.60. The van der Waals surface area contributed by atoms with Crippen molar-refractivity contribution < 1.29 is 33.6 Å². The van der Waals surface area contributed by atoms with Gasteiger partial charge in [0.05, 0.1) is 18.1 Å². The zero-order valence-corrected chi connectivity index (χ0v) is 23.1. The number of carboxylic acid groups (broad SMARTS) is 1. The highest BCUT2D eigenvalue weighted by atomic mass is 32.2. The third-order valence-electron chi connectivity index (χ3n) is 9.25. The van der Waals surface area contributed by atoms with E-state index in [2.05, 4.69) is 11.0 Å². The number of quaternary nitrogens is 2. The van der Waals surface area contributed by atoms with E-state index in [0.717, 1.165) is 67.7 Å². The number of fused-ring (bicyclic) bond motifs is 4. The predicted octanol–water partition coefficient (Wildman–Crippen LogP) is -0.0636. The minimum absolute atomic E-state index is 0.0109. The van der Waals surface area contributed by atoms with E-state index in [1.165, 1.54) is 22.2 Å². The van der Waals surface area contributed by atoms with Crippen LogP contribution in [0.4, 0.5) is 0 Å². The number of carbonyl (C=O) groups excluding carboxylic acids is 2. The lowest BCUT2D eigenvalue weighted by molar-refractivity contribution is -1.08. The number of thiocarbonyl (C=S) groups is 1. The molecule has 10 nitrogen and oxygen atoms in total. The van der Waals surface area contributed by atoms with Gasteiger partial charge in [0.2, 0.25) is 5.91 Å². The second-order valence-electron chi connectivity index (χ2n) is 11.5. The third-order valence-corrected chi connectivity index (χ3v) is 11.0. The van der Waals surface area contributed by atoms with Gasteiger partial charge in [0.15, 0.2) is 6.54 Å². The van der Waals surface area contributed by atoms with Gasteiger partial charge in [0.1, 0.15) is 55.8 Å². The first-order valence-electron chi connectivity index (χ1n) is 13.1. The van der Waals surface area contributed by atoms with Crippen molar-refractivity contribution in [2.24, 2.45) is 17.6 Å². The Morgan fingerprint density at radius 3 is 2.35 bits per heavy atom. The SMILES string of the molecule is C[C@@H](O)[C@H]1C(=O)N2C(C(=O)O)=C(SC(=S)N3CC=C(C[N+]45CC[N+](CC(N)=O)(CC4)CC5)CC3)[C@H](C)[C@H]12. The predicted molar refractivity (Wildman–Crippen MR) is 143 cm³/mol. The Labute approximate surface area is 226 Å². The highest BCUT2D eigenvalue weighted by Crippen LogP contribution is 2.51. The monoisotopic (exact) mass is 551 g/mol. The zero-order valence-electron chi connectivity index (χ0n) is 21.5. The van der Waals surface area contributed by atoms with Gasteiger partial charge < -0.3 is 34.7 Å². The number of aliphatic hydroxyl groups excluding tert-OH is 1. The number of aliphatic carboxylic acids is 1. The normalized spacial score (nSPS) is 35.7. The second kappa shape index (κ2) is 9.64. The molecule has 6 heterocycles. The van der Waals surface area contributed by atoms with Crippen LogP contribution in [0.3, 0.4) is 0 Å². The Kier molecular flexibility index (Phi) is 6.93. The fourth-order valence-electron chi connectivity index (χ4n) is 7.02. The summed E-state index contributed by atoms with van der Waals surface area (Å²) >= 11 is 7.03. The van der Waals surface area contributed by atoms with Gasteiger partial charge in [-0.05, 0) is 18.9 Å². The maximum absolute atomic E-state index is 12.6. The Hall–Kier alpha value is -1.99. The van der Waals surface area contributed by atoms with E-state index in [-0.39, 0.29) is 29.5 Å². The lowest BCUT2D eigenvalue weighted by Gasteiger charge is -2.55. The van der Waals surface area contributed by atoms with Crippen molar-refractivity contribution in [1.29, 1.82) is 0 Å². The number of primary amides is 1. The maximum atomic E-state index is 12.6. The number of carbonyl (C=O) groups is 3. The average molecular weight is 552 g/mol. The van der Waals surface area contributed by atoms with Crippen LogP contribution in [0.15, 0.2) is 22.3 Å². The molecule has 12 heteroatoms. The summed E-state index contributed by atoms with van der Waals surface area (Å²) in [5.41, 5.74) is 6.95. The van der Waals surface area contributed by atoms with Crippen LogP contribution in [0.1, 0.15) is 20.3 Å². The Bertz CT molecular complexity index is 1080. The van der Waals surface area contributed by atoms with E-state index in [9.17, 15) is 24.6 Å². The highest BCUT2D eigenvalue weighted by Gasteiger charge is 2.60. The molecule has 4 atom stereocenters. The van der Waals surface area contributed by atoms with E-state index in [1.807, 2.05) is 6.92 Å². The summed E-state index contributed by atoms with van der Waals surface area (Å²) in [6.45, 7) is 12.7. The molecule has 2 amide bonds. The van der Waals surface area contributed by atoms with Gasteiger partial charge >= 0.3 is 5.97 Å². The molecule has 6 aliphatic rings. The van der Waals surface area contributed by atoms with Crippen molar-refractivity contribution in [1.82, 2.24) is 9.80 Å². The minimum Gasteiger partial charge on any atom is -0.477 e. The molecule has 0 unspecified atom stereocenters. The molecule has 4 fully saturated rings. The van der Waals surface area contributed by atoms with Gasteiger partial charge in [-0.15, -0.1) is 0 Å². The lowest BCUT2D eigenvalue weighted by atomic mass is 9.79. The van der Waals surface area contributed by atoms with Gasteiger partial charge in [-0.1, -0.05) is 37.0 Å². The highest BCUT2D eigenvalue weighted by molar-refractivity contribution is 8.25. The van der Waals surface area contributed by atoms with Crippen LogP contribution in [0.25, 0.3) is 0 Å². The molecule has 2 bridgehead atoms. The number of nitrogens with zero attached hydrogens (tertiary/aromatic N) is 4. The first-order valence-corrected chi connectivity index (χ1v) is 14.3. The van der Waals surface area contributed by atoms with E-state index in [0.29, 0.717) is 22.3 Å². The Balaban J connectivity index is 1.20. The van der Waals surface area contributed by atoms with Crippen molar-refractivity contribution in [3.05, 3.63) is 22.3 Å². The smallest absolute Gasteiger partial charge is 0.353 e. The van der Waals surface area contributed by atoms with Gasteiger partial charge in [0, 0.05) is 23.9 Å². The lowest BCUT2D eigenvalue weighted by Crippen LogP contribution is -2.76. The summed E-state index contributed by atoms with van der Waals surface area (Å²) < 4.78 is 2.56. The summed E-state index contributed by atoms with van der Waals surface area (Å²) in [5, 5.41) is 19.9. The Morgan fingerprint density at radius 2 is 1.84 bits per heavy atom. The van der Waals surface area contributed by atoms with Crippen molar-refractivity contribution in [2.75, 3.05) is 65.4 Å². The largest absolute Gasteiger partial charge is 0.477 e. The van der Waals surface area contributed by atoms with Crippen LogP contribution in [0, 0.1) is 11.8 Å². The number of carboxylic acids is 1. The number of amides is 2. The molecule has 0 aliphatic carbocycles. The summed E-state index contributed by atoms with van der Waals surface area (Å²) in [6.07, 6.45) is 2.36. The first kappa shape index (κ1) is 26.6. The standard InChI is InChI=1S/C25H35N5O5S2/c1-15-20-19(16(2)31)23(33)28(20)21(24(34)35)22(15)37-25(36)27-5-3-17(4-6-27)13-29-7-10-30(11-8-29,12-9-29)14-18(26)32/h3,15-16,19-20,31H,4-14H2,1-2H3,(H-2,26,32,34,35)/p+2/t15-,16-,19-,20-,29?,30?/m1/s1. The molecule has 0 aromatic carbocycles. The molecule has 6 aliphatic heterocycles. The molecule has 0 radical (unpaired) electrons. The van der Waals surface area contributed by atoms with E-state index < -0.39 is 18.0 Å². The first-order chi connectivity index (χ1) is 17.5. The molecule has 0 saturated carbocycles. The van der Waals surface area contributed by atoms with Gasteiger partial charge in [-0.25, -0.2) is 4.79 Å². The number of β-lactam (4-membered cyclic amide) rings is 1. The number of hydrogen-bond acceptors (Lipinski definition) is 6. The summed E-state index contributed by atoms with van der Waals surface area (Å²) in [7, 11) is 0. The minimum atomic E-state index is -1.13. The van der Waals surface area contributed by atoms with Gasteiger partial charge in [-0.2, -0.15) is 0 Å². The zero-order chi connectivity index (χ0) is 26.7. The number of rotatable bonds is 7. The Morgan fingerprint density at radius 1 is 1.22 bits per heavy atom. The summed E-state index contributed by atoms with van der Waals surface area (Å²) in [5.74, 6) is -2.44. The molecule has 4 N–H and O–H groups in total. The van der Waals surface area contributed by atoms with Crippen molar-refractivity contribution >= 4 is 46.1 Å². The molecule has 0 aromatic heterocycles. The van der Waals surface area contributed by atoms with Crippen LogP contribution < -0.4 is 5.73 Å². The molecular weight excluding hydrogens is 514 g/mol. The number of thioether (sulfide) groups is 1. The van der Waals surface area contributed by atoms with Crippen molar-refractivity contribution in [3.8, 4) is 0 Å². The van der Waals surface area contributed by atoms with Crippen LogP contribution in [-0.4, -0.2) is 129 Å². The van der Waals surface area contributed by atoms with Crippen molar-refractivity contribution in [3.63, 3.8) is 0 Å². The second-order valence-corrected chi connectivity index (χ2v) is 13.2. The van der Waals surface area contributed by atoms with E-state index >= 15 is 0 Å². The number of aliphatic hydroxyl groups is 1. The molecule has 0 spiro atoms. The van der Waals surface area contributed by atoms with Crippen LogP contribution in [0.5, 0.6) is 0 Å². The number of nitrogens with two attached hydrogens (primary N) is 1.